The first-order valence-electron chi connectivity index (χ1n) is 9.20. The quantitative estimate of drug-likeness (QED) is 0.458. The van der Waals surface area contributed by atoms with Crippen LogP contribution in [0.4, 0.5) is 0 Å². The van der Waals surface area contributed by atoms with Gasteiger partial charge in [0.25, 0.3) is 0 Å². The summed E-state index contributed by atoms with van der Waals surface area (Å²) in [6.07, 6.45) is 0. The summed E-state index contributed by atoms with van der Waals surface area (Å²) in [6, 6.07) is 32.8. The maximum atomic E-state index is 11.2. The summed E-state index contributed by atoms with van der Waals surface area (Å²) < 4.78 is 0. The van der Waals surface area contributed by atoms with Gasteiger partial charge >= 0.3 is 5.97 Å². The molecule has 0 aliphatic rings. The highest BCUT2D eigenvalue weighted by atomic mass is 16.4. The number of hydrogen-bond donors (Lipinski definition) is 1. The Morgan fingerprint density at radius 3 is 1.55 bits per heavy atom. The smallest absolute Gasteiger partial charge is 0.335 e. The van der Waals surface area contributed by atoms with Gasteiger partial charge in [-0.05, 0) is 46.5 Å². The highest BCUT2D eigenvalue weighted by Gasteiger charge is 2.15. The fraction of sp³-hybridized carbons (Fsp3) is 0. The first-order chi connectivity index (χ1) is 14.2. The van der Waals surface area contributed by atoms with Crippen LogP contribution in [0.15, 0.2) is 97.1 Å². The lowest BCUT2D eigenvalue weighted by Gasteiger charge is -2.14. The number of aromatic carboxylic acids is 1. The van der Waals surface area contributed by atoms with Crippen LogP contribution in [-0.2, 0) is 0 Å². The molecule has 0 atom stereocenters. The standard InChI is InChI=1S/C26H17NO2/c27-17-25-23(19-7-3-1-4-8-19)15-22(16-24(25)20-9-5-2-6-10-20)18-11-13-21(14-12-18)26(28)29/h1-16H,(H,28,29). The van der Waals surface area contributed by atoms with Crippen molar-refractivity contribution in [2.24, 2.45) is 0 Å². The summed E-state index contributed by atoms with van der Waals surface area (Å²) in [7, 11) is 0. The number of rotatable bonds is 4. The average molecular weight is 375 g/mol. The molecule has 4 aromatic carbocycles. The summed E-state index contributed by atoms with van der Waals surface area (Å²) in [5.74, 6) is -0.952. The van der Waals surface area contributed by atoms with Gasteiger partial charge < -0.3 is 5.11 Å². The zero-order chi connectivity index (χ0) is 20.2. The minimum atomic E-state index is -0.952. The molecule has 0 saturated carbocycles. The van der Waals surface area contributed by atoms with Gasteiger partial charge in [-0.25, -0.2) is 4.79 Å². The normalized spacial score (nSPS) is 10.3. The van der Waals surface area contributed by atoms with Crippen LogP contribution in [0.25, 0.3) is 33.4 Å². The van der Waals surface area contributed by atoms with Gasteiger partial charge in [0.15, 0.2) is 0 Å². The lowest BCUT2D eigenvalue weighted by Crippen LogP contribution is -1.96. The Kier molecular flexibility index (Phi) is 4.92. The highest BCUT2D eigenvalue weighted by Crippen LogP contribution is 2.37. The molecule has 0 unspecified atom stereocenters. The fourth-order valence-corrected chi connectivity index (χ4v) is 3.43. The van der Waals surface area contributed by atoms with Crippen molar-refractivity contribution in [2.45, 2.75) is 0 Å². The molecule has 29 heavy (non-hydrogen) atoms. The fourth-order valence-electron chi connectivity index (χ4n) is 3.43. The van der Waals surface area contributed by atoms with Crippen LogP contribution in [0.1, 0.15) is 15.9 Å². The zero-order valence-electron chi connectivity index (χ0n) is 15.5. The van der Waals surface area contributed by atoms with Crippen molar-refractivity contribution in [3.05, 3.63) is 108 Å². The third-order valence-corrected chi connectivity index (χ3v) is 4.88. The van der Waals surface area contributed by atoms with Crippen molar-refractivity contribution >= 4 is 5.97 Å². The number of benzene rings is 4. The predicted molar refractivity (Wildman–Crippen MR) is 114 cm³/mol. The summed E-state index contributed by atoms with van der Waals surface area (Å²) in [5, 5.41) is 19.1. The zero-order valence-corrected chi connectivity index (χ0v) is 15.5. The molecule has 3 nitrogen and oxygen atoms in total. The Morgan fingerprint density at radius 2 is 1.14 bits per heavy atom. The molecular formula is C26H17NO2. The topological polar surface area (TPSA) is 61.1 Å². The second-order valence-electron chi connectivity index (χ2n) is 6.67. The van der Waals surface area contributed by atoms with Gasteiger partial charge in [-0.2, -0.15) is 5.26 Å². The van der Waals surface area contributed by atoms with E-state index in [1.807, 2.05) is 72.8 Å². The molecule has 0 fully saturated rings. The average Bonchev–Trinajstić information content (AvgIpc) is 2.79. The van der Waals surface area contributed by atoms with Gasteiger partial charge in [0.2, 0.25) is 0 Å². The minimum Gasteiger partial charge on any atom is -0.478 e. The molecule has 0 spiro atoms. The maximum Gasteiger partial charge on any atom is 0.335 e. The molecule has 0 saturated heterocycles. The van der Waals surface area contributed by atoms with Crippen LogP contribution in [0.3, 0.4) is 0 Å². The second-order valence-corrected chi connectivity index (χ2v) is 6.67. The first-order valence-corrected chi connectivity index (χ1v) is 9.20. The molecule has 0 aliphatic carbocycles. The van der Waals surface area contributed by atoms with Gasteiger partial charge in [-0.1, -0.05) is 72.8 Å². The molecule has 0 radical (unpaired) electrons. The summed E-state index contributed by atoms with van der Waals surface area (Å²) in [4.78, 5) is 11.2. The Morgan fingerprint density at radius 1 is 0.655 bits per heavy atom. The van der Waals surface area contributed by atoms with Crippen molar-refractivity contribution in [1.82, 2.24) is 0 Å². The monoisotopic (exact) mass is 375 g/mol. The third kappa shape index (κ3) is 3.65. The van der Waals surface area contributed by atoms with E-state index in [0.29, 0.717) is 5.56 Å². The Labute approximate surface area is 169 Å². The summed E-state index contributed by atoms with van der Waals surface area (Å²) in [5.41, 5.74) is 6.32. The molecule has 138 valence electrons. The van der Waals surface area contributed by atoms with Crippen molar-refractivity contribution < 1.29 is 9.90 Å². The minimum absolute atomic E-state index is 0.244. The molecule has 4 aromatic rings. The highest BCUT2D eigenvalue weighted by molar-refractivity contribution is 5.90. The van der Waals surface area contributed by atoms with Gasteiger partial charge in [0.1, 0.15) is 6.07 Å². The second kappa shape index (κ2) is 7.84. The Hall–Kier alpha value is -4.16. The van der Waals surface area contributed by atoms with Crippen LogP contribution in [0, 0.1) is 11.3 Å². The van der Waals surface area contributed by atoms with Crippen LogP contribution < -0.4 is 0 Å². The lowest BCUT2D eigenvalue weighted by atomic mass is 9.88. The SMILES string of the molecule is N#Cc1c(-c2ccccc2)cc(-c2ccc(C(=O)O)cc2)cc1-c1ccccc1. The Balaban J connectivity index is 1.97. The van der Waals surface area contributed by atoms with Gasteiger partial charge in [-0.3, -0.25) is 0 Å². The number of carbonyl (C=O) groups is 1. The molecule has 1 N–H and O–H groups in total. The van der Waals surface area contributed by atoms with E-state index in [9.17, 15) is 10.1 Å². The molecule has 4 rings (SSSR count). The van der Waals surface area contributed by atoms with E-state index >= 15 is 0 Å². The largest absolute Gasteiger partial charge is 0.478 e. The third-order valence-electron chi connectivity index (χ3n) is 4.88. The number of nitrogens with zero attached hydrogens (tertiary/aromatic N) is 1. The van der Waals surface area contributed by atoms with Gasteiger partial charge in [0.05, 0.1) is 11.1 Å². The van der Waals surface area contributed by atoms with E-state index in [0.717, 1.165) is 33.4 Å². The number of carboxylic acid groups (broad SMARTS) is 1. The summed E-state index contributed by atoms with van der Waals surface area (Å²) in [6.45, 7) is 0. The Bertz CT molecular complexity index is 1140. The van der Waals surface area contributed by atoms with Crippen molar-refractivity contribution in [3.63, 3.8) is 0 Å². The maximum absolute atomic E-state index is 11.2. The van der Waals surface area contributed by atoms with Crippen LogP contribution in [0.5, 0.6) is 0 Å². The first kappa shape index (κ1) is 18.2. The molecular weight excluding hydrogens is 358 g/mol. The van der Waals surface area contributed by atoms with Gasteiger partial charge in [0, 0.05) is 11.1 Å². The van der Waals surface area contributed by atoms with E-state index in [4.69, 9.17) is 5.11 Å². The molecule has 3 heteroatoms. The molecule has 0 amide bonds. The van der Waals surface area contributed by atoms with E-state index < -0.39 is 5.97 Å². The molecule has 0 aliphatic heterocycles. The van der Waals surface area contributed by atoms with E-state index in [-0.39, 0.29) is 5.56 Å². The molecule has 0 heterocycles. The van der Waals surface area contributed by atoms with E-state index in [1.165, 1.54) is 0 Å². The van der Waals surface area contributed by atoms with E-state index in [2.05, 4.69) is 6.07 Å². The van der Waals surface area contributed by atoms with Gasteiger partial charge in [-0.15, -0.1) is 0 Å². The predicted octanol–water partition coefficient (Wildman–Crippen LogP) is 6.26. The number of carboxylic acids is 1. The summed E-state index contributed by atoms with van der Waals surface area (Å²) >= 11 is 0. The van der Waals surface area contributed by atoms with Crippen LogP contribution in [-0.4, -0.2) is 11.1 Å². The number of nitriles is 1. The van der Waals surface area contributed by atoms with Crippen LogP contribution >= 0.6 is 0 Å². The van der Waals surface area contributed by atoms with Crippen molar-refractivity contribution in [1.29, 1.82) is 5.26 Å². The molecule has 0 bridgehead atoms. The van der Waals surface area contributed by atoms with Crippen molar-refractivity contribution in [3.8, 4) is 39.4 Å². The van der Waals surface area contributed by atoms with Crippen molar-refractivity contribution in [2.75, 3.05) is 0 Å². The van der Waals surface area contributed by atoms with Crippen LogP contribution in [0.2, 0.25) is 0 Å². The van der Waals surface area contributed by atoms with E-state index in [1.54, 1.807) is 24.3 Å². The molecule has 0 aromatic heterocycles. The number of hydrogen-bond acceptors (Lipinski definition) is 2. The lowest BCUT2D eigenvalue weighted by molar-refractivity contribution is 0.0697.